The number of hydrogen-bond donors (Lipinski definition) is 1. The molecule has 3 atom stereocenters. The van der Waals surface area contributed by atoms with Crippen LogP contribution < -0.4 is 4.74 Å². The van der Waals surface area contributed by atoms with Gasteiger partial charge in [-0.1, -0.05) is 18.2 Å². The predicted molar refractivity (Wildman–Crippen MR) is 94.2 cm³/mol. The molecule has 4 nitrogen and oxygen atoms in total. The molecule has 2 aromatic rings. The fourth-order valence-electron chi connectivity index (χ4n) is 4.41. The first-order valence-electron chi connectivity index (χ1n) is 8.69. The van der Waals surface area contributed by atoms with Gasteiger partial charge in [-0.15, -0.1) is 0 Å². The summed E-state index contributed by atoms with van der Waals surface area (Å²) >= 11 is 0. The van der Waals surface area contributed by atoms with Crippen molar-refractivity contribution >= 4 is 10.8 Å². The van der Waals surface area contributed by atoms with Gasteiger partial charge in [0.05, 0.1) is 5.60 Å². The number of aliphatic hydroxyl groups is 1. The van der Waals surface area contributed by atoms with E-state index >= 15 is 0 Å². The number of methoxy groups -OCH3 is 1. The van der Waals surface area contributed by atoms with Crippen LogP contribution in [0.1, 0.15) is 31.2 Å². The molecule has 2 bridgehead atoms. The highest BCUT2D eigenvalue weighted by Gasteiger charge is 2.46. The van der Waals surface area contributed by atoms with Gasteiger partial charge in [0.1, 0.15) is 5.75 Å². The molecule has 0 aromatic heterocycles. The zero-order chi connectivity index (χ0) is 16.7. The van der Waals surface area contributed by atoms with Gasteiger partial charge >= 0.3 is 0 Å². The zero-order valence-electron chi connectivity index (χ0n) is 14.4. The summed E-state index contributed by atoms with van der Waals surface area (Å²) in [7, 11) is 3.81. The lowest BCUT2D eigenvalue weighted by Gasteiger charge is -2.42. The maximum absolute atomic E-state index is 11.3. The Morgan fingerprint density at radius 2 is 1.75 bits per heavy atom. The van der Waals surface area contributed by atoms with E-state index in [0.29, 0.717) is 12.1 Å². The number of nitrogens with zero attached hydrogens (tertiary/aromatic N) is 1. The Morgan fingerprint density at radius 3 is 2.46 bits per heavy atom. The first-order chi connectivity index (χ1) is 11.6. The van der Waals surface area contributed by atoms with Gasteiger partial charge in [0, 0.05) is 19.2 Å². The van der Waals surface area contributed by atoms with Crippen molar-refractivity contribution < 1.29 is 14.6 Å². The first kappa shape index (κ1) is 15.9. The number of ether oxygens (including phenoxy) is 2. The molecule has 2 aromatic carbocycles. The van der Waals surface area contributed by atoms with E-state index in [0.717, 1.165) is 34.9 Å². The summed E-state index contributed by atoms with van der Waals surface area (Å²) < 4.78 is 10.4. The number of piperidine rings is 1. The minimum atomic E-state index is -0.697. The summed E-state index contributed by atoms with van der Waals surface area (Å²) in [5.74, 6) is 0.799. The van der Waals surface area contributed by atoms with E-state index in [1.807, 2.05) is 12.1 Å². The van der Waals surface area contributed by atoms with Crippen molar-refractivity contribution in [2.75, 3.05) is 21.0 Å². The molecule has 0 amide bonds. The van der Waals surface area contributed by atoms with Crippen LogP contribution in [0.3, 0.4) is 0 Å². The third kappa shape index (κ3) is 2.69. The molecule has 0 aliphatic carbocycles. The van der Waals surface area contributed by atoms with Gasteiger partial charge < -0.3 is 19.5 Å². The van der Waals surface area contributed by atoms with Gasteiger partial charge in [0.15, 0.2) is 6.79 Å². The van der Waals surface area contributed by atoms with Crippen LogP contribution in [0.15, 0.2) is 36.4 Å². The molecule has 0 saturated carbocycles. The summed E-state index contributed by atoms with van der Waals surface area (Å²) in [6.45, 7) is 0.250. The van der Waals surface area contributed by atoms with E-state index in [1.165, 1.54) is 12.8 Å². The van der Waals surface area contributed by atoms with E-state index in [-0.39, 0.29) is 6.79 Å². The van der Waals surface area contributed by atoms with Crippen LogP contribution in [0.4, 0.5) is 0 Å². The number of fused-ring (bicyclic) bond motifs is 3. The van der Waals surface area contributed by atoms with Gasteiger partial charge in [-0.25, -0.2) is 0 Å². The number of rotatable bonds is 4. The van der Waals surface area contributed by atoms with Gasteiger partial charge in [-0.05, 0) is 67.3 Å². The minimum Gasteiger partial charge on any atom is -0.468 e. The van der Waals surface area contributed by atoms with Crippen molar-refractivity contribution in [2.24, 2.45) is 0 Å². The number of benzene rings is 2. The Morgan fingerprint density at radius 1 is 1.08 bits per heavy atom. The van der Waals surface area contributed by atoms with Crippen molar-refractivity contribution in [3.8, 4) is 5.75 Å². The molecule has 2 aliphatic heterocycles. The second kappa shape index (κ2) is 6.03. The molecule has 1 N–H and O–H groups in total. The topological polar surface area (TPSA) is 41.9 Å². The molecule has 1 unspecified atom stereocenters. The van der Waals surface area contributed by atoms with Crippen LogP contribution in [-0.4, -0.2) is 43.0 Å². The van der Waals surface area contributed by atoms with Crippen molar-refractivity contribution in [2.45, 2.75) is 43.4 Å². The summed E-state index contributed by atoms with van der Waals surface area (Å²) in [5, 5.41) is 13.6. The Hall–Kier alpha value is -1.62. The normalized spacial score (nSPS) is 30.0. The molecule has 128 valence electrons. The maximum atomic E-state index is 11.3. The van der Waals surface area contributed by atoms with E-state index in [4.69, 9.17) is 9.47 Å². The lowest BCUT2D eigenvalue weighted by atomic mass is 9.80. The fraction of sp³-hybridized carbons (Fsp3) is 0.500. The van der Waals surface area contributed by atoms with Crippen LogP contribution in [0.25, 0.3) is 10.8 Å². The summed E-state index contributed by atoms with van der Waals surface area (Å²) in [6, 6.07) is 13.3. The first-order valence-corrected chi connectivity index (χ1v) is 8.69. The lowest BCUT2D eigenvalue weighted by molar-refractivity contribution is -0.0492. The molecule has 2 heterocycles. The van der Waals surface area contributed by atoms with Crippen LogP contribution in [-0.2, 0) is 10.3 Å². The molecule has 4 rings (SSSR count). The lowest BCUT2D eigenvalue weighted by Crippen LogP contribution is -2.47. The van der Waals surface area contributed by atoms with E-state index in [1.54, 1.807) is 7.11 Å². The van der Waals surface area contributed by atoms with Crippen LogP contribution in [0.2, 0.25) is 0 Å². The standard InChI is InChI=1S/C20H25NO3/c1-21-17-6-7-18(21)12-20(22,11-17)16-5-3-15-10-19(24-13-23-2)8-4-14(15)9-16/h3-5,8-10,17-18,22H,6-7,11-13H2,1-2H3/t17-,18+,20?. The van der Waals surface area contributed by atoms with Crippen molar-refractivity contribution in [3.63, 3.8) is 0 Å². The van der Waals surface area contributed by atoms with Crippen molar-refractivity contribution in [1.82, 2.24) is 4.90 Å². The second-order valence-corrected chi connectivity index (χ2v) is 7.26. The average molecular weight is 327 g/mol. The summed E-state index contributed by atoms with van der Waals surface area (Å²) in [4.78, 5) is 2.45. The van der Waals surface area contributed by atoms with Crippen molar-refractivity contribution in [1.29, 1.82) is 0 Å². The Kier molecular flexibility index (Phi) is 3.99. The molecule has 2 saturated heterocycles. The van der Waals surface area contributed by atoms with E-state index in [9.17, 15) is 5.11 Å². The zero-order valence-corrected chi connectivity index (χ0v) is 14.4. The Balaban J connectivity index is 1.63. The second-order valence-electron chi connectivity index (χ2n) is 7.26. The largest absolute Gasteiger partial charge is 0.468 e. The Bertz CT molecular complexity index is 731. The van der Waals surface area contributed by atoms with E-state index in [2.05, 4.69) is 36.2 Å². The molecule has 2 fully saturated rings. The molecule has 4 heteroatoms. The SMILES string of the molecule is COCOc1ccc2cc(C3(O)C[C@H]4CC[C@@H](C3)N4C)ccc2c1. The number of hydrogen-bond acceptors (Lipinski definition) is 4. The van der Waals surface area contributed by atoms with Crippen LogP contribution in [0.5, 0.6) is 5.75 Å². The third-order valence-electron chi connectivity index (χ3n) is 5.82. The predicted octanol–water partition coefficient (Wildman–Crippen LogP) is 3.27. The van der Waals surface area contributed by atoms with Gasteiger partial charge in [-0.3, -0.25) is 0 Å². The fourth-order valence-corrected chi connectivity index (χ4v) is 4.41. The quantitative estimate of drug-likeness (QED) is 0.875. The van der Waals surface area contributed by atoms with Crippen molar-refractivity contribution in [3.05, 3.63) is 42.0 Å². The summed E-state index contributed by atoms with van der Waals surface area (Å²) in [5.41, 5.74) is 0.350. The highest BCUT2D eigenvalue weighted by atomic mass is 16.7. The molecule has 2 aliphatic rings. The molecular weight excluding hydrogens is 302 g/mol. The van der Waals surface area contributed by atoms with Gasteiger partial charge in [0.25, 0.3) is 0 Å². The molecule has 0 radical (unpaired) electrons. The minimum absolute atomic E-state index is 0.250. The monoisotopic (exact) mass is 327 g/mol. The maximum Gasteiger partial charge on any atom is 0.188 e. The van der Waals surface area contributed by atoms with E-state index < -0.39 is 5.60 Å². The summed E-state index contributed by atoms with van der Waals surface area (Å²) in [6.07, 6.45) is 4.08. The average Bonchev–Trinajstić information content (AvgIpc) is 2.82. The smallest absolute Gasteiger partial charge is 0.188 e. The van der Waals surface area contributed by atoms with Crippen LogP contribution >= 0.6 is 0 Å². The highest BCUT2D eigenvalue weighted by molar-refractivity contribution is 5.84. The molecular formula is C20H25NO3. The van der Waals surface area contributed by atoms with Gasteiger partial charge in [0.2, 0.25) is 0 Å². The molecule has 24 heavy (non-hydrogen) atoms. The van der Waals surface area contributed by atoms with Gasteiger partial charge in [-0.2, -0.15) is 0 Å². The molecule has 0 spiro atoms. The third-order valence-corrected chi connectivity index (χ3v) is 5.82. The highest BCUT2D eigenvalue weighted by Crippen LogP contribution is 2.45. The Labute approximate surface area is 143 Å². The van der Waals surface area contributed by atoms with Crippen LogP contribution in [0, 0.1) is 0 Å².